The zero-order valence-corrected chi connectivity index (χ0v) is 21.6. The minimum atomic E-state index is -3.92. The van der Waals surface area contributed by atoms with Gasteiger partial charge in [0.1, 0.15) is 16.9 Å². The van der Waals surface area contributed by atoms with Gasteiger partial charge in [-0.2, -0.15) is 0 Å². The van der Waals surface area contributed by atoms with Crippen LogP contribution in [0, 0.1) is 15.9 Å². The molecule has 1 atom stereocenters. The molecule has 2 N–H and O–H groups in total. The number of carbonyl (C=O) groups excluding carboxylic acids is 3. The first-order valence-electron chi connectivity index (χ1n) is 11.4. The van der Waals surface area contributed by atoms with Crippen molar-refractivity contribution in [3.63, 3.8) is 0 Å². The molecular formula is C25H20ClFN4O7S. The molecule has 1 fully saturated rings. The number of rotatable bonds is 8. The molecule has 0 aliphatic carbocycles. The minimum absolute atomic E-state index is 0.106. The summed E-state index contributed by atoms with van der Waals surface area (Å²) in [5.41, 5.74) is 0.0791. The normalized spacial score (nSPS) is 15.5. The molecule has 1 heterocycles. The van der Waals surface area contributed by atoms with E-state index in [0.717, 1.165) is 28.0 Å². The van der Waals surface area contributed by atoms with Gasteiger partial charge < -0.3 is 4.90 Å². The van der Waals surface area contributed by atoms with Gasteiger partial charge in [0.2, 0.25) is 15.9 Å². The van der Waals surface area contributed by atoms with Gasteiger partial charge in [0.15, 0.2) is 0 Å². The Morgan fingerprint density at radius 2 is 1.74 bits per heavy atom. The summed E-state index contributed by atoms with van der Waals surface area (Å²) in [6, 6.07) is 12.4. The Bertz CT molecular complexity index is 1580. The van der Waals surface area contributed by atoms with Crippen LogP contribution in [0.1, 0.15) is 22.3 Å². The summed E-state index contributed by atoms with van der Waals surface area (Å²) in [5, 5.41) is 16.3. The zero-order valence-electron chi connectivity index (χ0n) is 20.0. The lowest BCUT2D eigenvalue weighted by molar-refractivity contribution is -0.384. The maximum absolute atomic E-state index is 13.6. The SMILES string of the molecule is NS(=O)(=O)c1ccc(CCN(C(=O)c2ccc(Cl)c([N+](=O)[O-])c2)C2CC(=O)N(c3ccc(F)cc3)C2=O)cc1. The number of amides is 3. The van der Waals surface area contributed by atoms with E-state index in [1.54, 1.807) is 0 Å². The van der Waals surface area contributed by atoms with Crippen LogP contribution in [0.15, 0.2) is 71.6 Å². The Hall–Kier alpha value is -4.20. The molecule has 1 unspecified atom stereocenters. The van der Waals surface area contributed by atoms with E-state index in [0.29, 0.717) is 5.56 Å². The highest BCUT2D eigenvalue weighted by Gasteiger charge is 2.44. The number of primary sulfonamides is 1. The van der Waals surface area contributed by atoms with Crippen molar-refractivity contribution in [2.24, 2.45) is 5.14 Å². The summed E-state index contributed by atoms with van der Waals surface area (Å²) in [6.07, 6.45) is -0.233. The standard InChI is InChI=1S/C25H20ClFN4O7S/c26-20-10-3-16(13-21(20)31(35)36)24(33)29(12-11-15-1-8-19(9-2-15)39(28,37)38)22-14-23(32)30(25(22)34)18-6-4-17(27)5-7-18/h1-10,13,22H,11-12,14H2,(H2,28,37,38). The number of nitrogens with zero attached hydrogens (tertiary/aromatic N) is 3. The fourth-order valence-electron chi connectivity index (χ4n) is 4.17. The fourth-order valence-corrected chi connectivity index (χ4v) is 4.87. The van der Waals surface area contributed by atoms with Gasteiger partial charge in [-0.05, 0) is 60.5 Å². The van der Waals surface area contributed by atoms with E-state index >= 15 is 0 Å². The Morgan fingerprint density at radius 3 is 2.33 bits per heavy atom. The predicted molar refractivity (Wildman–Crippen MR) is 138 cm³/mol. The van der Waals surface area contributed by atoms with Gasteiger partial charge in [0.25, 0.3) is 17.5 Å². The smallest absolute Gasteiger partial charge is 0.288 e. The second kappa shape index (κ2) is 10.9. The van der Waals surface area contributed by atoms with Gasteiger partial charge in [-0.15, -0.1) is 0 Å². The second-order valence-electron chi connectivity index (χ2n) is 8.62. The van der Waals surface area contributed by atoms with Gasteiger partial charge in [-0.1, -0.05) is 23.7 Å². The van der Waals surface area contributed by atoms with Gasteiger partial charge in [0.05, 0.1) is 21.9 Å². The molecular weight excluding hydrogens is 555 g/mol. The van der Waals surface area contributed by atoms with Gasteiger partial charge in [-0.3, -0.25) is 24.5 Å². The number of nitrogens with two attached hydrogens (primary N) is 1. The van der Waals surface area contributed by atoms with Crippen molar-refractivity contribution >= 4 is 50.7 Å². The van der Waals surface area contributed by atoms with Crippen LogP contribution in [-0.2, 0) is 26.0 Å². The lowest BCUT2D eigenvalue weighted by Gasteiger charge is -2.28. The lowest BCUT2D eigenvalue weighted by atomic mass is 10.1. The number of nitro groups is 1. The quantitative estimate of drug-likeness (QED) is 0.246. The molecule has 0 saturated carbocycles. The number of nitro benzene ring substituents is 1. The molecule has 39 heavy (non-hydrogen) atoms. The van der Waals surface area contributed by atoms with Crippen LogP contribution in [0.3, 0.4) is 0 Å². The lowest BCUT2D eigenvalue weighted by Crippen LogP contribution is -2.46. The van der Waals surface area contributed by atoms with E-state index < -0.39 is 50.2 Å². The van der Waals surface area contributed by atoms with Crippen molar-refractivity contribution in [2.45, 2.75) is 23.8 Å². The molecule has 3 amide bonds. The fraction of sp³-hybridized carbons (Fsp3) is 0.160. The number of benzene rings is 3. The molecule has 1 saturated heterocycles. The second-order valence-corrected chi connectivity index (χ2v) is 10.6. The molecule has 4 rings (SSSR count). The number of sulfonamides is 1. The molecule has 0 spiro atoms. The summed E-state index contributed by atoms with van der Waals surface area (Å²) < 4.78 is 36.5. The third-order valence-electron chi connectivity index (χ3n) is 6.13. The number of halogens is 2. The number of anilines is 1. The highest BCUT2D eigenvalue weighted by molar-refractivity contribution is 7.89. The van der Waals surface area contributed by atoms with Gasteiger partial charge >= 0.3 is 0 Å². The van der Waals surface area contributed by atoms with Crippen LogP contribution < -0.4 is 10.0 Å². The van der Waals surface area contributed by atoms with Crippen LogP contribution in [0.4, 0.5) is 15.8 Å². The van der Waals surface area contributed by atoms with Crippen molar-refractivity contribution in [3.8, 4) is 0 Å². The van der Waals surface area contributed by atoms with E-state index in [9.17, 15) is 37.3 Å². The van der Waals surface area contributed by atoms with Gasteiger partial charge in [0, 0.05) is 18.2 Å². The van der Waals surface area contributed by atoms with E-state index in [-0.39, 0.29) is 40.6 Å². The molecule has 1 aliphatic rings. The average Bonchev–Trinajstić information content (AvgIpc) is 3.17. The third-order valence-corrected chi connectivity index (χ3v) is 7.38. The summed E-state index contributed by atoms with van der Waals surface area (Å²) in [7, 11) is -3.92. The van der Waals surface area contributed by atoms with Crippen molar-refractivity contribution in [1.29, 1.82) is 0 Å². The van der Waals surface area contributed by atoms with E-state index in [1.165, 1.54) is 48.5 Å². The van der Waals surface area contributed by atoms with Crippen LogP contribution >= 0.6 is 11.6 Å². The topological polar surface area (TPSA) is 161 Å². The molecule has 3 aromatic carbocycles. The molecule has 3 aromatic rings. The Labute approximate surface area is 226 Å². The minimum Gasteiger partial charge on any atom is -0.326 e. The van der Waals surface area contributed by atoms with Crippen LogP contribution in [0.2, 0.25) is 5.02 Å². The summed E-state index contributed by atoms with van der Waals surface area (Å²) in [4.78, 5) is 52.3. The third kappa shape index (κ3) is 5.95. The predicted octanol–water partition coefficient (Wildman–Crippen LogP) is 3.05. The Balaban J connectivity index is 1.67. The van der Waals surface area contributed by atoms with Crippen LogP contribution in [0.25, 0.3) is 0 Å². The summed E-state index contributed by atoms with van der Waals surface area (Å²) >= 11 is 5.88. The van der Waals surface area contributed by atoms with E-state index in [1.807, 2.05) is 0 Å². The molecule has 0 aromatic heterocycles. The number of hydrogen-bond donors (Lipinski definition) is 1. The Kier molecular flexibility index (Phi) is 7.77. The summed E-state index contributed by atoms with van der Waals surface area (Å²) in [6.45, 7) is -0.106. The summed E-state index contributed by atoms with van der Waals surface area (Å²) in [5.74, 6) is -2.67. The molecule has 14 heteroatoms. The van der Waals surface area contributed by atoms with Crippen molar-refractivity contribution in [3.05, 3.63) is 98.8 Å². The van der Waals surface area contributed by atoms with Crippen molar-refractivity contribution in [1.82, 2.24) is 4.90 Å². The molecule has 0 radical (unpaired) electrons. The largest absolute Gasteiger partial charge is 0.326 e. The first-order chi connectivity index (χ1) is 18.4. The van der Waals surface area contributed by atoms with E-state index in [2.05, 4.69) is 0 Å². The Morgan fingerprint density at radius 1 is 1.10 bits per heavy atom. The highest BCUT2D eigenvalue weighted by atomic mass is 35.5. The maximum Gasteiger partial charge on any atom is 0.288 e. The highest BCUT2D eigenvalue weighted by Crippen LogP contribution is 2.29. The van der Waals surface area contributed by atoms with Crippen molar-refractivity contribution in [2.75, 3.05) is 11.4 Å². The molecule has 1 aliphatic heterocycles. The van der Waals surface area contributed by atoms with Crippen LogP contribution in [-0.4, -0.2) is 48.5 Å². The first-order valence-corrected chi connectivity index (χ1v) is 13.3. The monoisotopic (exact) mass is 574 g/mol. The maximum atomic E-state index is 13.6. The number of carbonyl (C=O) groups is 3. The average molecular weight is 575 g/mol. The first kappa shape index (κ1) is 27.8. The molecule has 202 valence electrons. The number of hydrogen-bond acceptors (Lipinski definition) is 7. The molecule has 0 bridgehead atoms. The zero-order chi connectivity index (χ0) is 28.5. The van der Waals surface area contributed by atoms with Crippen LogP contribution in [0.5, 0.6) is 0 Å². The number of imide groups is 1. The van der Waals surface area contributed by atoms with Crippen molar-refractivity contribution < 1.29 is 32.1 Å². The van der Waals surface area contributed by atoms with E-state index in [4.69, 9.17) is 16.7 Å². The molecule has 11 nitrogen and oxygen atoms in total. The van der Waals surface area contributed by atoms with Gasteiger partial charge in [-0.25, -0.2) is 22.8 Å².